The van der Waals surface area contributed by atoms with Gasteiger partial charge in [0.05, 0.1) is 17.8 Å². The van der Waals surface area contributed by atoms with Gasteiger partial charge >= 0.3 is 0 Å². The minimum Gasteiger partial charge on any atom is -0.460 e. The quantitative estimate of drug-likeness (QED) is 0.829. The third kappa shape index (κ3) is 3.63. The third-order valence-corrected chi connectivity index (χ3v) is 4.30. The van der Waals surface area contributed by atoms with E-state index in [2.05, 4.69) is 0 Å². The van der Waals surface area contributed by atoms with E-state index in [9.17, 15) is 4.79 Å². The van der Waals surface area contributed by atoms with Gasteiger partial charge < -0.3 is 14.7 Å². The van der Waals surface area contributed by atoms with Gasteiger partial charge in [0, 0.05) is 10.6 Å². The highest BCUT2D eigenvalue weighted by Crippen LogP contribution is 2.34. The molecular weight excluding hydrogens is 334 g/mol. The summed E-state index contributed by atoms with van der Waals surface area (Å²) in [6.45, 7) is 0. The van der Waals surface area contributed by atoms with Crippen LogP contribution in [0.1, 0.15) is 17.2 Å². The molecule has 1 atom stereocenters. The fourth-order valence-corrected chi connectivity index (χ4v) is 2.94. The molecule has 0 spiro atoms. The lowest BCUT2D eigenvalue weighted by atomic mass is 10.1. The summed E-state index contributed by atoms with van der Waals surface area (Å²) in [7, 11) is 0. The van der Waals surface area contributed by atoms with Gasteiger partial charge in [-0.25, -0.2) is 0 Å². The average molecular weight is 348 g/mol. The molecule has 0 aliphatic carbocycles. The molecule has 0 unspecified atom stereocenters. The van der Waals surface area contributed by atoms with Crippen molar-refractivity contribution in [3.63, 3.8) is 0 Å². The zero-order valence-corrected chi connectivity index (χ0v) is 13.6. The van der Waals surface area contributed by atoms with E-state index >= 15 is 0 Å². The normalized spacial score (nSPS) is 17.3. The molecule has 118 valence electrons. The minimum atomic E-state index is -0.778. The standard InChI is InChI=1S/C17H14ClNO3S/c18-13-8-6-12(7-9-13)15-14(20)16(17(19)21-15)22-23-10-11-4-2-1-3-5-11/h1-9,15H,10,19H2/t15-/m0/s1. The van der Waals surface area contributed by atoms with Crippen LogP contribution < -0.4 is 5.73 Å². The van der Waals surface area contributed by atoms with E-state index in [1.807, 2.05) is 30.3 Å². The van der Waals surface area contributed by atoms with Gasteiger partial charge in [-0.1, -0.05) is 54.1 Å². The summed E-state index contributed by atoms with van der Waals surface area (Å²) in [4.78, 5) is 12.4. The molecule has 1 heterocycles. The van der Waals surface area contributed by atoms with Crippen molar-refractivity contribution >= 4 is 29.4 Å². The van der Waals surface area contributed by atoms with Crippen LogP contribution in [0.5, 0.6) is 0 Å². The number of rotatable bonds is 5. The SMILES string of the molecule is NC1=C(OSCc2ccccc2)C(=O)[C@H](c2ccc(Cl)cc2)O1. The molecule has 0 fully saturated rings. The summed E-state index contributed by atoms with van der Waals surface area (Å²) in [6.07, 6.45) is -0.778. The Kier molecular flexibility index (Phi) is 4.79. The summed E-state index contributed by atoms with van der Waals surface area (Å²) in [5, 5.41) is 0.593. The number of ketones is 1. The zero-order chi connectivity index (χ0) is 16.2. The number of hydrogen-bond acceptors (Lipinski definition) is 5. The first kappa shape index (κ1) is 15.8. The van der Waals surface area contributed by atoms with Crippen LogP contribution in [0.15, 0.2) is 66.2 Å². The van der Waals surface area contributed by atoms with E-state index in [0.717, 1.165) is 17.6 Å². The molecule has 1 aliphatic rings. The number of benzene rings is 2. The van der Waals surface area contributed by atoms with Crippen molar-refractivity contribution in [2.45, 2.75) is 11.9 Å². The fourth-order valence-electron chi connectivity index (χ4n) is 2.14. The van der Waals surface area contributed by atoms with Gasteiger partial charge in [0.2, 0.25) is 17.4 Å². The smallest absolute Gasteiger partial charge is 0.249 e. The summed E-state index contributed by atoms with van der Waals surface area (Å²) >= 11 is 7.00. The molecule has 6 heteroatoms. The molecule has 0 bridgehead atoms. The van der Waals surface area contributed by atoms with Crippen LogP contribution >= 0.6 is 23.6 Å². The van der Waals surface area contributed by atoms with E-state index in [-0.39, 0.29) is 17.4 Å². The van der Waals surface area contributed by atoms with Gasteiger partial charge in [0.25, 0.3) is 0 Å². The van der Waals surface area contributed by atoms with Crippen LogP contribution in [0.2, 0.25) is 5.02 Å². The van der Waals surface area contributed by atoms with Crippen molar-refractivity contribution in [2.75, 3.05) is 0 Å². The lowest BCUT2D eigenvalue weighted by molar-refractivity contribution is -0.122. The molecule has 2 aromatic carbocycles. The molecule has 0 radical (unpaired) electrons. The summed E-state index contributed by atoms with van der Waals surface area (Å²) in [6, 6.07) is 16.7. The van der Waals surface area contributed by atoms with Crippen LogP contribution in [-0.2, 0) is 19.5 Å². The molecule has 1 aliphatic heterocycles. The van der Waals surface area contributed by atoms with E-state index in [4.69, 9.17) is 26.3 Å². The topological polar surface area (TPSA) is 61.5 Å². The Balaban J connectivity index is 1.63. The Morgan fingerprint density at radius 3 is 2.52 bits per heavy atom. The van der Waals surface area contributed by atoms with Crippen LogP contribution in [-0.4, -0.2) is 5.78 Å². The number of halogens is 1. The first-order valence-corrected chi connectivity index (χ1v) is 8.23. The molecule has 0 amide bonds. The van der Waals surface area contributed by atoms with Crippen LogP contribution in [0, 0.1) is 0 Å². The predicted octanol–water partition coefficient (Wildman–Crippen LogP) is 3.97. The fraction of sp³-hybridized carbons (Fsp3) is 0.118. The number of ether oxygens (including phenoxy) is 1. The van der Waals surface area contributed by atoms with Gasteiger partial charge in [0.15, 0.2) is 6.10 Å². The lowest BCUT2D eigenvalue weighted by Gasteiger charge is -2.09. The van der Waals surface area contributed by atoms with E-state index < -0.39 is 6.10 Å². The first-order chi connectivity index (χ1) is 11.1. The number of nitrogens with two attached hydrogens (primary N) is 1. The van der Waals surface area contributed by atoms with Crippen molar-refractivity contribution < 1.29 is 13.7 Å². The van der Waals surface area contributed by atoms with Crippen LogP contribution in [0.4, 0.5) is 0 Å². The van der Waals surface area contributed by atoms with Crippen LogP contribution in [0.25, 0.3) is 0 Å². The van der Waals surface area contributed by atoms with Gasteiger partial charge in [-0.15, -0.1) is 0 Å². The van der Waals surface area contributed by atoms with E-state index in [0.29, 0.717) is 16.3 Å². The van der Waals surface area contributed by atoms with E-state index in [1.54, 1.807) is 24.3 Å². The molecule has 23 heavy (non-hydrogen) atoms. The lowest BCUT2D eigenvalue weighted by Crippen LogP contribution is -2.10. The maximum absolute atomic E-state index is 12.4. The molecule has 3 rings (SSSR count). The average Bonchev–Trinajstić information content (AvgIpc) is 2.85. The maximum Gasteiger partial charge on any atom is 0.249 e. The Morgan fingerprint density at radius 2 is 1.83 bits per heavy atom. The van der Waals surface area contributed by atoms with Gasteiger partial charge in [0.1, 0.15) is 0 Å². The van der Waals surface area contributed by atoms with Crippen molar-refractivity contribution in [3.05, 3.63) is 82.4 Å². The summed E-state index contributed by atoms with van der Waals surface area (Å²) < 4.78 is 10.9. The first-order valence-electron chi connectivity index (χ1n) is 6.94. The number of hydrogen-bond donors (Lipinski definition) is 1. The Morgan fingerprint density at radius 1 is 1.13 bits per heavy atom. The highest BCUT2D eigenvalue weighted by molar-refractivity contribution is 7.94. The van der Waals surface area contributed by atoms with Crippen molar-refractivity contribution in [3.8, 4) is 0 Å². The minimum absolute atomic E-state index is 0.00973. The second-order valence-electron chi connectivity index (χ2n) is 4.94. The largest absolute Gasteiger partial charge is 0.460 e. The van der Waals surface area contributed by atoms with Crippen molar-refractivity contribution in [1.82, 2.24) is 0 Å². The molecule has 0 saturated carbocycles. The summed E-state index contributed by atoms with van der Waals surface area (Å²) in [5.41, 5.74) is 7.56. The predicted molar refractivity (Wildman–Crippen MR) is 90.3 cm³/mol. The van der Waals surface area contributed by atoms with E-state index in [1.165, 1.54) is 0 Å². The summed E-state index contributed by atoms with van der Waals surface area (Å²) in [5.74, 6) is 0.392. The molecule has 0 saturated heterocycles. The zero-order valence-electron chi connectivity index (χ0n) is 12.1. The number of carbonyl (C=O) groups excluding carboxylic acids is 1. The molecule has 2 aromatic rings. The molecule has 0 aromatic heterocycles. The van der Waals surface area contributed by atoms with Gasteiger partial charge in [-0.05, 0) is 17.7 Å². The second-order valence-corrected chi connectivity index (χ2v) is 6.07. The van der Waals surface area contributed by atoms with Gasteiger partial charge in [-0.3, -0.25) is 4.79 Å². The van der Waals surface area contributed by atoms with Crippen molar-refractivity contribution in [1.29, 1.82) is 0 Å². The Labute approximate surface area is 143 Å². The number of Topliss-reactive ketones (excluding diaryl/α,β-unsaturated/α-hetero) is 1. The number of carbonyl (C=O) groups is 1. The second kappa shape index (κ2) is 6.98. The van der Waals surface area contributed by atoms with Crippen molar-refractivity contribution in [2.24, 2.45) is 5.73 Å². The van der Waals surface area contributed by atoms with Crippen LogP contribution in [0.3, 0.4) is 0 Å². The highest BCUT2D eigenvalue weighted by Gasteiger charge is 2.37. The molecule has 4 nitrogen and oxygen atoms in total. The Bertz CT molecular complexity index is 731. The monoisotopic (exact) mass is 347 g/mol. The molecule has 2 N–H and O–H groups in total. The Hall–Kier alpha value is -2.11. The maximum atomic E-state index is 12.4. The molecular formula is C17H14ClNO3S. The van der Waals surface area contributed by atoms with Gasteiger partial charge in [-0.2, -0.15) is 0 Å². The highest BCUT2D eigenvalue weighted by atomic mass is 35.5. The third-order valence-electron chi connectivity index (χ3n) is 3.31.